The van der Waals surface area contributed by atoms with Crippen molar-refractivity contribution in [2.24, 2.45) is 0 Å². The number of nitrogens with one attached hydrogen (secondary N) is 3. The van der Waals surface area contributed by atoms with Gasteiger partial charge in [-0.25, -0.2) is 4.79 Å². The Hall–Kier alpha value is -2.41. The lowest BCUT2D eigenvalue weighted by molar-refractivity contribution is -0.123. The number of imide groups is 1. The Bertz CT molecular complexity index is 572. The van der Waals surface area contributed by atoms with Gasteiger partial charge in [0, 0.05) is 12.7 Å². The van der Waals surface area contributed by atoms with Crippen LogP contribution in [0.2, 0.25) is 0 Å². The van der Waals surface area contributed by atoms with E-state index in [1.165, 1.54) is 11.9 Å². The average Bonchev–Trinajstić information content (AvgIpc) is 2.41. The van der Waals surface area contributed by atoms with Crippen molar-refractivity contribution in [3.8, 4) is 0 Å². The van der Waals surface area contributed by atoms with Crippen LogP contribution in [0.5, 0.6) is 0 Å². The van der Waals surface area contributed by atoms with Gasteiger partial charge >= 0.3 is 6.03 Å². The molecule has 3 N–H and O–H groups in total. The van der Waals surface area contributed by atoms with Gasteiger partial charge in [0.05, 0.1) is 13.1 Å². The highest BCUT2D eigenvalue weighted by Crippen LogP contribution is 2.15. The molecule has 1 aromatic rings. The molecule has 0 aliphatic carbocycles. The predicted molar refractivity (Wildman–Crippen MR) is 84.6 cm³/mol. The maximum atomic E-state index is 11.8. The van der Waals surface area contributed by atoms with E-state index in [1.807, 2.05) is 26.0 Å². The van der Waals surface area contributed by atoms with E-state index in [2.05, 4.69) is 16.0 Å². The number of aryl methyl sites for hydroxylation is 2. The van der Waals surface area contributed by atoms with Crippen LogP contribution >= 0.6 is 0 Å². The van der Waals surface area contributed by atoms with E-state index in [4.69, 9.17) is 0 Å². The van der Waals surface area contributed by atoms with E-state index in [0.29, 0.717) is 5.69 Å². The Morgan fingerprint density at radius 3 is 2.32 bits per heavy atom. The number of nitrogens with zero attached hydrogens (tertiary/aromatic N) is 1. The number of carbonyl (C=O) groups excluding carboxylic acids is 3. The van der Waals surface area contributed by atoms with Crippen LogP contribution in [0.25, 0.3) is 0 Å². The van der Waals surface area contributed by atoms with Gasteiger partial charge in [0.25, 0.3) is 0 Å². The summed E-state index contributed by atoms with van der Waals surface area (Å²) in [6.07, 6.45) is 0. The molecule has 4 amide bonds. The quantitative estimate of drug-likeness (QED) is 0.744. The van der Waals surface area contributed by atoms with Gasteiger partial charge in [0.1, 0.15) is 0 Å². The van der Waals surface area contributed by atoms with Crippen molar-refractivity contribution in [2.45, 2.75) is 13.8 Å². The second-order valence-corrected chi connectivity index (χ2v) is 5.17. The normalized spacial score (nSPS) is 10.2. The van der Waals surface area contributed by atoms with Gasteiger partial charge in [-0.1, -0.05) is 17.7 Å². The molecule has 0 saturated carbocycles. The van der Waals surface area contributed by atoms with Crippen molar-refractivity contribution in [2.75, 3.05) is 32.5 Å². The highest BCUT2D eigenvalue weighted by atomic mass is 16.2. The summed E-state index contributed by atoms with van der Waals surface area (Å²) >= 11 is 0. The SMILES string of the molecule is CNC(=O)CN(C)CC(=O)NC(=O)Nc1ccc(C)cc1C. The molecule has 0 heterocycles. The summed E-state index contributed by atoms with van der Waals surface area (Å²) in [6.45, 7) is 3.88. The maximum Gasteiger partial charge on any atom is 0.325 e. The van der Waals surface area contributed by atoms with Crippen LogP contribution in [0.3, 0.4) is 0 Å². The second kappa shape index (κ2) is 8.14. The Morgan fingerprint density at radius 2 is 1.73 bits per heavy atom. The minimum atomic E-state index is -0.592. The first-order valence-electron chi connectivity index (χ1n) is 6.89. The van der Waals surface area contributed by atoms with E-state index in [1.54, 1.807) is 13.1 Å². The number of amides is 4. The Balaban J connectivity index is 2.47. The summed E-state index contributed by atoms with van der Waals surface area (Å²) in [5.41, 5.74) is 2.66. The van der Waals surface area contributed by atoms with Crippen molar-refractivity contribution >= 4 is 23.5 Å². The Kier molecular flexibility index (Phi) is 6.52. The lowest BCUT2D eigenvalue weighted by atomic mass is 10.1. The molecule has 22 heavy (non-hydrogen) atoms. The van der Waals surface area contributed by atoms with Gasteiger partial charge in [-0.05, 0) is 32.5 Å². The molecule has 0 saturated heterocycles. The summed E-state index contributed by atoms with van der Waals surface area (Å²) < 4.78 is 0. The lowest BCUT2D eigenvalue weighted by Gasteiger charge is -2.15. The van der Waals surface area contributed by atoms with Crippen molar-refractivity contribution < 1.29 is 14.4 Å². The highest BCUT2D eigenvalue weighted by molar-refractivity contribution is 6.02. The van der Waals surface area contributed by atoms with Crippen LogP contribution in [-0.4, -0.2) is 49.9 Å². The highest BCUT2D eigenvalue weighted by Gasteiger charge is 2.13. The molecular weight excluding hydrogens is 284 g/mol. The van der Waals surface area contributed by atoms with Gasteiger partial charge in [-0.15, -0.1) is 0 Å². The number of likely N-dealkylation sites (N-methyl/N-ethyl adjacent to an activating group) is 2. The summed E-state index contributed by atoms with van der Waals surface area (Å²) in [4.78, 5) is 36.2. The smallest absolute Gasteiger partial charge is 0.325 e. The number of hydrogen-bond acceptors (Lipinski definition) is 4. The fraction of sp³-hybridized carbons (Fsp3) is 0.400. The van der Waals surface area contributed by atoms with E-state index in [9.17, 15) is 14.4 Å². The molecule has 1 rings (SSSR count). The van der Waals surface area contributed by atoms with Crippen LogP contribution in [0.4, 0.5) is 10.5 Å². The molecule has 0 atom stereocenters. The van der Waals surface area contributed by atoms with Crippen molar-refractivity contribution in [1.29, 1.82) is 0 Å². The zero-order chi connectivity index (χ0) is 16.7. The molecule has 0 spiro atoms. The molecule has 0 aliphatic rings. The van der Waals surface area contributed by atoms with Crippen molar-refractivity contribution in [3.05, 3.63) is 29.3 Å². The minimum absolute atomic E-state index is 0.0479. The van der Waals surface area contributed by atoms with E-state index >= 15 is 0 Å². The Morgan fingerprint density at radius 1 is 1.09 bits per heavy atom. The molecular formula is C15H22N4O3. The monoisotopic (exact) mass is 306 g/mol. The summed E-state index contributed by atoms with van der Waals surface area (Å²) in [6, 6.07) is 5.01. The van der Waals surface area contributed by atoms with E-state index in [0.717, 1.165) is 11.1 Å². The van der Waals surface area contributed by atoms with Gasteiger partial charge in [0.15, 0.2) is 0 Å². The number of hydrogen-bond donors (Lipinski definition) is 3. The third-order valence-electron chi connectivity index (χ3n) is 2.99. The molecule has 0 fully saturated rings. The number of urea groups is 1. The van der Waals surface area contributed by atoms with Gasteiger partial charge in [-0.3, -0.25) is 19.8 Å². The number of benzene rings is 1. The largest absolute Gasteiger partial charge is 0.358 e. The van der Waals surface area contributed by atoms with Gasteiger partial charge in [0.2, 0.25) is 11.8 Å². The third-order valence-corrected chi connectivity index (χ3v) is 2.99. The average molecular weight is 306 g/mol. The second-order valence-electron chi connectivity index (χ2n) is 5.17. The van der Waals surface area contributed by atoms with Crippen LogP contribution in [0.15, 0.2) is 18.2 Å². The Labute approximate surface area is 130 Å². The van der Waals surface area contributed by atoms with E-state index < -0.39 is 11.9 Å². The molecule has 7 heteroatoms. The van der Waals surface area contributed by atoms with Gasteiger partial charge < -0.3 is 10.6 Å². The fourth-order valence-corrected chi connectivity index (χ4v) is 1.90. The molecule has 0 aromatic heterocycles. The minimum Gasteiger partial charge on any atom is -0.358 e. The molecule has 0 unspecified atom stereocenters. The van der Waals surface area contributed by atoms with Crippen LogP contribution < -0.4 is 16.0 Å². The van der Waals surface area contributed by atoms with Crippen LogP contribution in [0.1, 0.15) is 11.1 Å². The topological polar surface area (TPSA) is 90.5 Å². The zero-order valence-electron chi connectivity index (χ0n) is 13.3. The number of rotatable bonds is 5. The molecule has 120 valence electrons. The van der Waals surface area contributed by atoms with Crippen molar-refractivity contribution in [3.63, 3.8) is 0 Å². The number of anilines is 1. The summed E-state index contributed by atoms with van der Waals surface area (Å²) in [5.74, 6) is -0.677. The molecule has 0 radical (unpaired) electrons. The molecule has 0 bridgehead atoms. The van der Waals surface area contributed by atoms with Gasteiger partial charge in [-0.2, -0.15) is 0 Å². The maximum absolute atomic E-state index is 11.8. The first-order chi connectivity index (χ1) is 10.3. The zero-order valence-corrected chi connectivity index (χ0v) is 13.3. The van der Waals surface area contributed by atoms with Crippen LogP contribution in [-0.2, 0) is 9.59 Å². The van der Waals surface area contributed by atoms with E-state index in [-0.39, 0.29) is 19.0 Å². The lowest BCUT2D eigenvalue weighted by Crippen LogP contribution is -2.43. The van der Waals surface area contributed by atoms with Crippen LogP contribution in [0, 0.1) is 13.8 Å². The summed E-state index contributed by atoms with van der Waals surface area (Å²) in [5, 5.41) is 7.32. The molecule has 7 nitrogen and oxygen atoms in total. The first kappa shape index (κ1) is 17.6. The summed E-state index contributed by atoms with van der Waals surface area (Å²) in [7, 11) is 3.14. The standard InChI is InChI=1S/C15H22N4O3/c1-10-5-6-12(11(2)7-10)17-15(22)18-14(21)9-19(4)8-13(20)16-3/h5-7H,8-9H2,1-4H3,(H,16,20)(H2,17,18,21,22). The third kappa shape index (κ3) is 5.92. The molecule has 1 aromatic carbocycles. The van der Waals surface area contributed by atoms with Crippen molar-refractivity contribution in [1.82, 2.24) is 15.5 Å². The number of carbonyl (C=O) groups is 3. The predicted octanol–water partition coefficient (Wildman–Crippen LogP) is 0.629. The first-order valence-corrected chi connectivity index (χ1v) is 6.89. The fourth-order valence-electron chi connectivity index (χ4n) is 1.90. The molecule has 0 aliphatic heterocycles.